The molecule has 0 atom stereocenters. The number of hydrogen-bond donors (Lipinski definition) is 1. The Morgan fingerprint density at radius 3 is 2.79 bits per heavy atom. The summed E-state index contributed by atoms with van der Waals surface area (Å²) < 4.78 is 12.7. The number of rotatable bonds is 3. The molecule has 1 aromatic carbocycles. The molecule has 3 aromatic heterocycles. The van der Waals surface area contributed by atoms with Crippen molar-refractivity contribution in [3.8, 4) is 11.4 Å². The minimum absolute atomic E-state index is 0.204. The van der Waals surface area contributed by atoms with E-state index in [1.807, 2.05) is 30.3 Å². The number of nitrogens with zero attached hydrogens (tertiary/aromatic N) is 3. The van der Waals surface area contributed by atoms with Gasteiger partial charge in [0.1, 0.15) is 5.75 Å². The molecule has 4 aromatic rings. The number of aromatic amines is 1. The number of fused-ring (bicyclic) bond motifs is 2. The van der Waals surface area contributed by atoms with Crippen LogP contribution in [0.4, 0.5) is 0 Å². The van der Waals surface area contributed by atoms with Crippen molar-refractivity contribution in [2.24, 2.45) is 0 Å². The molecule has 28 heavy (non-hydrogen) atoms. The molecular weight excluding hydrogens is 356 g/mol. The summed E-state index contributed by atoms with van der Waals surface area (Å²) in [6.45, 7) is 1.48. The normalized spacial score (nSPS) is 15.3. The van der Waals surface area contributed by atoms with E-state index in [-0.39, 0.29) is 5.69 Å². The Bertz CT molecular complexity index is 1220. The highest BCUT2D eigenvalue weighted by atomic mass is 16.5. The van der Waals surface area contributed by atoms with Gasteiger partial charge in [0.25, 0.3) is 0 Å². The molecule has 0 radical (unpaired) electrons. The Kier molecular flexibility index (Phi) is 4.09. The van der Waals surface area contributed by atoms with Crippen LogP contribution in [0.25, 0.3) is 27.8 Å². The van der Waals surface area contributed by atoms with Crippen LogP contribution >= 0.6 is 0 Å². The number of ether oxygens (including phenoxy) is 2. The van der Waals surface area contributed by atoms with Crippen LogP contribution < -0.4 is 10.4 Å². The number of methoxy groups -OCH3 is 1. The highest BCUT2D eigenvalue weighted by Crippen LogP contribution is 2.33. The third kappa shape index (κ3) is 2.66. The first-order chi connectivity index (χ1) is 13.8. The van der Waals surface area contributed by atoms with E-state index >= 15 is 0 Å². The van der Waals surface area contributed by atoms with Crippen molar-refractivity contribution in [3.05, 3.63) is 58.8 Å². The summed E-state index contributed by atoms with van der Waals surface area (Å²) >= 11 is 0. The fraction of sp³-hybridized carbons (Fsp3) is 0.286. The Hall–Kier alpha value is -3.19. The molecule has 0 bridgehead atoms. The minimum atomic E-state index is -0.204. The average molecular weight is 376 g/mol. The lowest BCUT2D eigenvalue weighted by molar-refractivity contribution is 0.0855. The molecule has 7 heteroatoms. The molecule has 1 aliphatic heterocycles. The van der Waals surface area contributed by atoms with Gasteiger partial charge in [-0.3, -0.25) is 14.5 Å². The van der Waals surface area contributed by atoms with E-state index in [2.05, 4.69) is 15.0 Å². The third-order valence-electron chi connectivity index (χ3n) is 5.43. The van der Waals surface area contributed by atoms with Crippen molar-refractivity contribution >= 4 is 22.1 Å². The summed E-state index contributed by atoms with van der Waals surface area (Å²) in [5.41, 5.74) is 3.94. The van der Waals surface area contributed by atoms with Crippen LogP contribution in [0.5, 0.6) is 5.75 Å². The molecule has 7 nitrogen and oxygen atoms in total. The van der Waals surface area contributed by atoms with Gasteiger partial charge in [-0.2, -0.15) is 0 Å². The predicted octanol–water partition coefficient (Wildman–Crippen LogP) is 3.16. The smallest absolute Gasteiger partial charge is 0.332 e. The van der Waals surface area contributed by atoms with E-state index in [4.69, 9.17) is 9.47 Å². The lowest BCUT2D eigenvalue weighted by Crippen LogP contribution is -2.18. The van der Waals surface area contributed by atoms with Gasteiger partial charge in [0.15, 0.2) is 5.65 Å². The Morgan fingerprint density at radius 2 is 1.96 bits per heavy atom. The third-order valence-corrected chi connectivity index (χ3v) is 5.43. The lowest BCUT2D eigenvalue weighted by atomic mass is 9.91. The summed E-state index contributed by atoms with van der Waals surface area (Å²) in [6, 6.07) is 9.59. The van der Waals surface area contributed by atoms with Gasteiger partial charge in [-0.25, -0.2) is 9.78 Å². The molecule has 1 fully saturated rings. The average Bonchev–Trinajstić information content (AvgIpc) is 3.09. The van der Waals surface area contributed by atoms with Gasteiger partial charge in [0.2, 0.25) is 0 Å². The second-order valence-corrected chi connectivity index (χ2v) is 6.96. The first kappa shape index (κ1) is 16.9. The van der Waals surface area contributed by atoms with Crippen molar-refractivity contribution in [1.82, 2.24) is 19.5 Å². The SMILES string of the molecule is COc1ccnc2ccc(-n3c(=O)[nH]c4nccc(C5CCOCC5)c43)cc12. The number of benzene rings is 1. The fourth-order valence-electron chi connectivity index (χ4n) is 4.06. The van der Waals surface area contributed by atoms with E-state index < -0.39 is 0 Å². The zero-order chi connectivity index (χ0) is 19.1. The fourth-order valence-corrected chi connectivity index (χ4v) is 4.06. The zero-order valence-corrected chi connectivity index (χ0v) is 15.5. The standard InChI is InChI=1S/C21H20N4O3/c1-27-18-5-9-22-17-3-2-14(12-16(17)18)25-19-15(13-6-10-28-11-7-13)4-8-23-20(19)24-21(25)26/h2-5,8-9,12-13H,6-7,10-11H2,1H3,(H,23,24,26). The van der Waals surface area contributed by atoms with Crippen molar-refractivity contribution in [1.29, 1.82) is 0 Å². The molecule has 1 N–H and O–H groups in total. The molecule has 0 saturated carbocycles. The minimum Gasteiger partial charge on any atom is -0.496 e. The van der Waals surface area contributed by atoms with Gasteiger partial charge in [-0.15, -0.1) is 0 Å². The number of pyridine rings is 2. The van der Waals surface area contributed by atoms with Gasteiger partial charge >= 0.3 is 5.69 Å². The van der Waals surface area contributed by atoms with E-state index in [9.17, 15) is 4.79 Å². The highest BCUT2D eigenvalue weighted by molar-refractivity contribution is 5.88. The monoisotopic (exact) mass is 376 g/mol. The number of H-pyrrole nitrogens is 1. The van der Waals surface area contributed by atoms with Gasteiger partial charge < -0.3 is 9.47 Å². The molecule has 0 spiro atoms. The summed E-state index contributed by atoms with van der Waals surface area (Å²) in [7, 11) is 1.63. The maximum Gasteiger partial charge on any atom is 0.332 e. The van der Waals surface area contributed by atoms with E-state index in [0.717, 1.165) is 59.5 Å². The number of aromatic nitrogens is 4. The van der Waals surface area contributed by atoms with Crippen LogP contribution in [-0.4, -0.2) is 39.8 Å². The molecule has 0 unspecified atom stereocenters. The summed E-state index contributed by atoms with van der Waals surface area (Å²) in [5.74, 6) is 1.07. The molecule has 1 saturated heterocycles. The van der Waals surface area contributed by atoms with Gasteiger partial charge in [0, 0.05) is 31.0 Å². The van der Waals surface area contributed by atoms with Crippen LogP contribution in [0, 0.1) is 0 Å². The summed E-state index contributed by atoms with van der Waals surface area (Å²) in [6.07, 6.45) is 5.36. The van der Waals surface area contributed by atoms with Gasteiger partial charge in [0.05, 0.1) is 23.8 Å². The maximum absolute atomic E-state index is 12.9. The summed E-state index contributed by atoms with van der Waals surface area (Å²) in [4.78, 5) is 24.5. The van der Waals surface area contributed by atoms with E-state index in [1.165, 1.54) is 0 Å². The Balaban J connectivity index is 1.76. The van der Waals surface area contributed by atoms with Crippen LogP contribution in [0.15, 0.2) is 47.5 Å². The highest BCUT2D eigenvalue weighted by Gasteiger charge is 2.22. The van der Waals surface area contributed by atoms with Crippen LogP contribution in [0.1, 0.15) is 24.3 Å². The molecule has 4 heterocycles. The molecule has 0 amide bonds. The number of hydrogen-bond acceptors (Lipinski definition) is 5. The van der Waals surface area contributed by atoms with Crippen molar-refractivity contribution in [2.45, 2.75) is 18.8 Å². The molecule has 1 aliphatic rings. The topological polar surface area (TPSA) is 82.0 Å². The first-order valence-corrected chi connectivity index (χ1v) is 9.37. The maximum atomic E-state index is 12.9. The van der Waals surface area contributed by atoms with Crippen molar-refractivity contribution in [3.63, 3.8) is 0 Å². The van der Waals surface area contributed by atoms with Crippen LogP contribution in [0.3, 0.4) is 0 Å². The van der Waals surface area contributed by atoms with Crippen LogP contribution in [0.2, 0.25) is 0 Å². The van der Waals surface area contributed by atoms with Crippen molar-refractivity contribution < 1.29 is 9.47 Å². The van der Waals surface area contributed by atoms with E-state index in [1.54, 1.807) is 24.1 Å². The van der Waals surface area contributed by atoms with Crippen LogP contribution in [-0.2, 0) is 4.74 Å². The number of imidazole rings is 1. The molecule has 5 rings (SSSR count). The predicted molar refractivity (Wildman–Crippen MR) is 106 cm³/mol. The summed E-state index contributed by atoms with van der Waals surface area (Å²) in [5, 5.41) is 0.861. The first-order valence-electron chi connectivity index (χ1n) is 9.37. The lowest BCUT2D eigenvalue weighted by Gasteiger charge is -2.23. The number of nitrogens with one attached hydrogen (secondary N) is 1. The second kappa shape index (κ2) is 6.76. The zero-order valence-electron chi connectivity index (χ0n) is 15.5. The quantitative estimate of drug-likeness (QED) is 0.594. The Labute approximate surface area is 161 Å². The molecule has 142 valence electrons. The van der Waals surface area contributed by atoms with Gasteiger partial charge in [-0.05, 0) is 54.7 Å². The Morgan fingerprint density at radius 1 is 1.14 bits per heavy atom. The largest absolute Gasteiger partial charge is 0.496 e. The van der Waals surface area contributed by atoms with Gasteiger partial charge in [-0.1, -0.05) is 0 Å². The molecular formula is C21H20N4O3. The molecule has 0 aliphatic carbocycles. The second-order valence-electron chi connectivity index (χ2n) is 6.96. The van der Waals surface area contributed by atoms with E-state index in [0.29, 0.717) is 11.6 Å². The van der Waals surface area contributed by atoms with Crippen molar-refractivity contribution in [2.75, 3.05) is 20.3 Å².